The van der Waals surface area contributed by atoms with Gasteiger partial charge in [0.2, 0.25) is 0 Å². The average molecular weight is 400 g/mol. The van der Waals surface area contributed by atoms with Crippen LogP contribution in [0.2, 0.25) is 0 Å². The number of benzene rings is 1. The first-order valence-electron chi connectivity index (χ1n) is 9.47. The maximum absolute atomic E-state index is 13.6. The fraction of sp³-hybridized carbons (Fsp3) is 0.400. The molecular weight excluding hydrogens is 379 g/mol. The molecule has 1 aliphatic carbocycles. The van der Waals surface area contributed by atoms with Gasteiger partial charge in [0.15, 0.2) is 5.13 Å². The van der Waals surface area contributed by atoms with E-state index in [-0.39, 0.29) is 23.9 Å². The number of aliphatic hydroxyl groups is 1. The molecule has 1 aromatic carbocycles. The van der Waals surface area contributed by atoms with E-state index in [4.69, 9.17) is 0 Å². The lowest BCUT2D eigenvalue weighted by Gasteiger charge is -2.31. The van der Waals surface area contributed by atoms with Crippen LogP contribution in [-0.2, 0) is 13.0 Å². The molecule has 1 fully saturated rings. The van der Waals surface area contributed by atoms with Gasteiger partial charge in [0.1, 0.15) is 11.5 Å². The number of anilines is 1. The third kappa shape index (κ3) is 3.06. The summed E-state index contributed by atoms with van der Waals surface area (Å²) in [4.78, 5) is 23.6. The van der Waals surface area contributed by atoms with Crippen molar-refractivity contribution in [3.8, 4) is 0 Å². The lowest BCUT2D eigenvalue weighted by atomic mass is 9.90. The lowest BCUT2D eigenvalue weighted by Crippen LogP contribution is -2.38. The first kappa shape index (κ1) is 17.6. The second-order valence-corrected chi connectivity index (χ2v) is 8.78. The number of rotatable bonds is 3. The Morgan fingerprint density at radius 1 is 1.39 bits per heavy atom. The van der Waals surface area contributed by atoms with Crippen molar-refractivity contribution in [3.05, 3.63) is 45.8 Å². The molecule has 3 heterocycles. The smallest absolute Gasteiger partial charge is 0.270 e. The minimum Gasteiger partial charge on any atom is -0.393 e. The number of aryl methyl sites for hydroxylation is 1. The fourth-order valence-corrected chi connectivity index (χ4v) is 5.07. The molecule has 3 aromatic rings. The van der Waals surface area contributed by atoms with Crippen LogP contribution in [-0.4, -0.2) is 44.6 Å². The van der Waals surface area contributed by atoms with Crippen LogP contribution in [0.1, 0.15) is 39.5 Å². The molecule has 1 saturated carbocycles. The molecule has 1 amide bonds. The molecule has 146 valence electrons. The van der Waals surface area contributed by atoms with Gasteiger partial charge >= 0.3 is 0 Å². The van der Waals surface area contributed by atoms with Crippen molar-refractivity contribution in [1.29, 1.82) is 0 Å². The molecule has 0 saturated heterocycles. The summed E-state index contributed by atoms with van der Waals surface area (Å²) in [7, 11) is 0. The molecule has 2 aliphatic rings. The molecule has 0 bridgehead atoms. The molecule has 2 aromatic heterocycles. The number of halogens is 1. The SMILES string of the molecule is Cc1cc(F)cc2[nH]c(C(=O)N3CCc4nc(N[C@H]5C[C@H](O)C5)sc4C3)cc12. The highest BCUT2D eigenvalue weighted by Crippen LogP contribution is 2.32. The Balaban J connectivity index is 1.33. The van der Waals surface area contributed by atoms with E-state index in [1.165, 1.54) is 12.1 Å². The zero-order valence-electron chi connectivity index (χ0n) is 15.5. The van der Waals surface area contributed by atoms with Gasteiger partial charge in [-0.3, -0.25) is 4.79 Å². The van der Waals surface area contributed by atoms with E-state index in [1.54, 1.807) is 11.3 Å². The first-order chi connectivity index (χ1) is 13.5. The lowest BCUT2D eigenvalue weighted by molar-refractivity contribution is 0.0731. The molecular formula is C20H21FN4O2S. The quantitative estimate of drug-likeness (QED) is 0.631. The van der Waals surface area contributed by atoms with Crippen molar-refractivity contribution in [2.75, 3.05) is 11.9 Å². The van der Waals surface area contributed by atoms with Crippen molar-refractivity contribution in [2.24, 2.45) is 0 Å². The molecule has 28 heavy (non-hydrogen) atoms. The van der Waals surface area contributed by atoms with Crippen LogP contribution >= 0.6 is 11.3 Å². The highest BCUT2D eigenvalue weighted by Gasteiger charge is 2.30. The number of carbonyl (C=O) groups is 1. The van der Waals surface area contributed by atoms with E-state index in [1.807, 2.05) is 17.9 Å². The minimum absolute atomic E-state index is 0.0771. The summed E-state index contributed by atoms with van der Waals surface area (Å²) < 4.78 is 13.6. The summed E-state index contributed by atoms with van der Waals surface area (Å²) in [6.45, 7) is 2.98. The molecule has 6 nitrogen and oxygen atoms in total. The highest BCUT2D eigenvalue weighted by atomic mass is 32.1. The number of aliphatic hydroxyl groups excluding tert-OH is 1. The number of thiazole rings is 1. The van der Waals surface area contributed by atoms with Gasteiger partial charge in [-0.05, 0) is 43.5 Å². The van der Waals surface area contributed by atoms with Crippen LogP contribution in [0, 0.1) is 12.7 Å². The second-order valence-electron chi connectivity index (χ2n) is 7.70. The van der Waals surface area contributed by atoms with E-state index in [0.717, 1.165) is 45.9 Å². The van der Waals surface area contributed by atoms with Crippen LogP contribution in [0.3, 0.4) is 0 Å². The normalized spacial score (nSPS) is 21.5. The Labute approximate surface area is 165 Å². The molecule has 0 radical (unpaired) electrons. The molecule has 3 N–H and O–H groups in total. The Hall–Kier alpha value is -2.45. The molecule has 0 spiro atoms. The number of hydrogen-bond donors (Lipinski definition) is 3. The summed E-state index contributed by atoms with van der Waals surface area (Å²) in [6.07, 6.45) is 2.04. The predicted molar refractivity (Wildman–Crippen MR) is 106 cm³/mol. The summed E-state index contributed by atoms with van der Waals surface area (Å²) in [5, 5.41) is 14.5. The maximum atomic E-state index is 13.6. The monoisotopic (exact) mass is 400 g/mol. The molecule has 1 aliphatic heterocycles. The van der Waals surface area contributed by atoms with Crippen LogP contribution in [0.25, 0.3) is 10.9 Å². The number of nitrogens with one attached hydrogen (secondary N) is 2. The summed E-state index contributed by atoms with van der Waals surface area (Å²) in [6, 6.07) is 5.00. The van der Waals surface area contributed by atoms with Gasteiger partial charge in [-0.1, -0.05) is 11.3 Å². The number of hydrogen-bond acceptors (Lipinski definition) is 5. The Morgan fingerprint density at radius 2 is 2.21 bits per heavy atom. The largest absolute Gasteiger partial charge is 0.393 e. The Bertz CT molecular complexity index is 1070. The van der Waals surface area contributed by atoms with E-state index in [2.05, 4.69) is 15.3 Å². The number of fused-ring (bicyclic) bond motifs is 2. The molecule has 0 atom stereocenters. The van der Waals surface area contributed by atoms with Crippen molar-refractivity contribution in [2.45, 2.75) is 44.9 Å². The Morgan fingerprint density at radius 3 is 3.00 bits per heavy atom. The molecule has 8 heteroatoms. The number of aromatic amines is 1. The van der Waals surface area contributed by atoms with Crippen LogP contribution in [0.5, 0.6) is 0 Å². The first-order valence-corrected chi connectivity index (χ1v) is 10.3. The third-order valence-corrected chi connectivity index (χ3v) is 6.61. The summed E-state index contributed by atoms with van der Waals surface area (Å²) in [5.74, 6) is -0.385. The topological polar surface area (TPSA) is 81.2 Å². The number of H-pyrrole nitrogens is 1. The third-order valence-electron chi connectivity index (χ3n) is 5.60. The zero-order chi connectivity index (χ0) is 19.4. The van der Waals surface area contributed by atoms with Crippen LogP contribution < -0.4 is 5.32 Å². The van der Waals surface area contributed by atoms with Gasteiger partial charge in [-0.25, -0.2) is 9.37 Å². The van der Waals surface area contributed by atoms with E-state index < -0.39 is 0 Å². The standard InChI is InChI=1S/C20H21FN4O2S/c1-10-4-11(21)5-16-14(10)8-17(23-16)19(27)25-3-2-15-18(9-25)28-20(24-15)22-12-6-13(26)7-12/h4-5,8,12-13,23,26H,2-3,6-7,9H2,1H3,(H,22,24)/t12-,13-. The molecule has 0 unspecified atom stereocenters. The van der Waals surface area contributed by atoms with Crippen LogP contribution in [0.15, 0.2) is 18.2 Å². The second kappa shape index (κ2) is 6.56. The van der Waals surface area contributed by atoms with Crippen molar-refractivity contribution in [3.63, 3.8) is 0 Å². The van der Waals surface area contributed by atoms with Gasteiger partial charge in [0.25, 0.3) is 5.91 Å². The van der Waals surface area contributed by atoms with Gasteiger partial charge < -0.3 is 20.3 Å². The van der Waals surface area contributed by atoms with Gasteiger partial charge in [0.05, 0.1) is 18.3 Å². The summed E-state index contributed by atoms with van der Waals surface area (Å²) >= 11 is 1.58. The van der Waals surface area contributed by atoms with E-state index in [0.29, 0.717) is 24.3 Å². The van der Waals surface area contributed by atoms with Gasteiger partial charge in [0, 0.05) is 34.8 Å². The van der Waals surface area contributed by atoms with Crippen molar-refractivity contribution >= 4 is 33.3 Å². The van der Waals surface area contributed by atoms with Crippen molar-refractivity contribution in [1.82, 2.24) is 14.9 Å². The average Bonchev–Trinajstić information content (AvgIpc) is 3.22. The summed E-state index contributed by atoms with van der Waals surface area (Å²) in [5.41, 5.74) is 2.99. The number of amides is 1. The number of nitrogens with zero attached hydrogens (tertiary/aromatic N) is 2. The van der Waals surface area contributed by atoms with Crippen LogP contribution in [0.4, 0.5) is 9.52 Å². The zero-order valence-corrected chi connectivity index (χ0v) is 16.3. The number of aromatic nitrogens is 2. The van der Waals surface area contributed by atoms with E-state index in [9.17, 15) is 14.3 Å². The molecule has 5 rings (SSSR count). The van der Waals surface area contributed by atoms with E-state index >= 15 is 0 Å². The predicted octanol–water partition coefficient (Wildman–Crippen LogP) is 3.21. The Kier molecular flexibility index (Phi) is 4.13. The van der Waals surface area contributed by atoms with Gasteiger partial charge in [-0.2, -0.15) is 0 Å². The number of carbonyl (C=O) groups excluding carboxylic acids is 1. The fourth-order valence-electron chi connectivity index (χ4n) is 3.97. The van der Waals surface area contributed by atoms with Gasteiger partial charge in [-0.15, -0.1) is 0 Å². The van der Waals surface area contributed by atoms with Crippen molar-refractivity contribution < 1.29 is 14.3 Å². The minimum atomic E-state index is -0.308. The maximum Gasteiger partial charge on any atom is 0.270 e. The highest BCUT2D eigenvalue weighted by molar-refractivity contribution is 7.15.